The largest absolute Gasteiger partial charge is 0.586 e. The minimum atomic E-state index is -3.69. The van der Waals surface area contributed by atoms with Crippen LogP contribution in [0.4, 0.5) is 14.5 Å². The molecule has 2 N–H and O–H groups in total. The van der Waals surface area contributed by atoms with Crippen molar-refractivity contribution in [3.8, 4) is 11.5 Å². The number of benzene rings is 1. The molecule has 0 unspecified atom stereocenters. The maximum Gasteiger partial charge on any atom is 0.586 e. The first-order valence-corrected chi connectivity index (χ1v) is 7.47. The van der Waals surface area contributed by atoms with Crippen LogP contribution in [0, 0.1) is 5.92 Å². The van der Waals surface area contributed by atoms with Gasteiger partial charge in [-0.2, -0.15) is 0 Å². The number of aliphatic carboxylic acids is 1. The van der Waals surface area contributed by atoms with Crippen LogP contribution in [0.1, 0.15) is 12.8 Å². The molecule has 1 amide bonds. The van der Waals surface area contributed by atoms with Crippen molar-refractivity contribution >= 4 is 17.6 Å². The number of hydrogen-bond acceptors (Lipinski definition) is 5. The molecule has 2 aliphatic rings. The summed E-state index contributed by atoms with van der Waals surface area (Å²) >= 11 is 0. The molecule has 1 aromatic rings. The molecule has 3 rings (SSSR count). The van der Waals surface area contributed by atoms with Crippen LogP contribution in [-0.2, 0) is 9.59 Å². The first-order valence-electron chi connectivity index (χ1n) is 7.47. The van der Waals surface area contributed by atoms with E-state index in [9.17, 15) is 18.4 Å². The number of carbonyl (C=O) groups excluding carboxylic acids is 1. The van der Waals surface area contributed by atoms with E-state index in [1.165, 1.54) is 18.2 Å². The molecular formula is C15H16F2N2O5. The van der Waals surface area contributed by atoms with Gasteiger partial charge in [-0.3, -0.25) is 14.5 Å². The Morgan fingerprint density at radius 1 is 1.25 bits per heavy atom. The van der Waals surface area contributed by atoms with Crippen molar-refractivity contribution in [1.82, 2.24) is 4.90 Å². The Balaban J connectivity index is 1.52. The molecule has 0 aliphatic carbocycles. The quantitative estimate of drug-likeness (QED) is 0.867. The molecule has 0 aromatic heterocycles. The smallest absolute Gasteiger partial charge is 0.481 e. The molecule has 1 aromatic carbocycles. The van der Waals surface area contributed by atoms with Gasteiger partial charge in [0, 0.05) is 11.8 Å². The maximum atomic E-state index is 12.9. The third kappa shape index (κ3) is 3.73. The Bertz CT molecular complexity index is 659. The number of rotatable bonds is 4. The Morgan fingerprint density at radius 2 is 1.92 bits per heavy atom. The van der Waals surface area contributed by atoms with Crippen molar-refractivity contribution in [1.29, 1.82) is 0 Å². The number of nitrogens with one attached hydrogen (secondary N) is 1. The number of carbonyl (C=O) groups is 2. The van der Waals surface area contributed by atoms with E-state index in [1.54, 1.807) is 0 Å². The number of alkyl halides is 2. The highest BCUT2D eigenvalue weighted by atomic mass is 19.3. The minimum Gasteiger partial charge on any atom is -0.481 e. The van der Waals surface area contributed by atoms with Gasteiger partial charge in [0.1, 0.15) is 0 Å². The lowest BCUT2D eigenvalue weighted by molar-refractivity contribution is -0.286. The average molecular weight is 342 g/mol. The van der Waals surface area contributed by atoms with E-state index in [0.717, 1.165) is 0 Å². The van der Waals surface area contributed by atoms with Gasteiger partial charge >= 0.3 is 12.3 Å². The van der Waals surface area contributed by atoms with E-state index < -0.39 is 12.3 Å². The van der Waals surface area contributed by atoms with Gasteiger partial charge in [-0.1, -0.05) is 0 Å². The molecule has 1 fully saturated rings. The van der Waals surface area contributed by atoms with Gasteiger partial charge in [0.15, 0.2) is 11.5 Å². The second-order valence-corrected chi connectivity index (χ2v) is 5.77. The molecule has 2 aliphatic heterocycles. The second-order valence-electron chi connectivity index (χ2n) is 5.77. The molecule has 7 nitrogen and oxygen atoms in total. The molecular weight excluding hydrogens is 326 g/mol. The van der Waals surface area contributed by atoms with Crippen molar-refractivity contribution in [3.63, 3.8) is 0 Å². The van der Waals surface area contributed by atoms with Gasteiger partial charge < -0.3 is 19.9 Å². The van der Waals surface area contributed by atoms with Crippen molar-refractivity contribution in [2.24, 2.45) is 5.92 Å². The van der Waals surface area contributed by atoms with E-state index >= 15 is 0 Å². The van der Waals surface area contributed by atoms with Gasteiger partial charge in [0.2, 0.25) is 5.91 Å². The summed E-state index contributed by atoms with van der Waals surface area (Å²) in [6.45, 7) is 1.16. The predicted molar refractivity (Wildman–Crippen MR) is 78.1 cm³/mol. The number of piperidine rings is 1. The van der Waals surface area contributed by atoms with Crippen molar-refractivity contribution in [2.75, 3.05) is 25.0 Å². The van der Waals surface area contributed by atoms with Crippen molar-refractivity contribution in [3.05, 3.63) is 18.2 Å². The van der Waals surface area contributed by atoms with Gasteiger partial charge in [-0.15, -0.1) is 8.78 Å². The lowest BCUT2D eigenvalue weighted by Gasteiger charge is -2.29. The van der Waals surface area contributed by atoms with Gasteiger partial charge in [-0.05, 0) is 38.1 Å². The van der Waals surface area contributed by atoms with Crippen LogP contribution in [0.5, 0.6) is 11.5 Å². The molecule has 0 atom stereocenters. The molecule has 0 spiro atoms. The van der Waals surface area contributed by atoms with E-state index in [-0.39, 0.29) is 29.9 Å². The summed E-state index contributed by atoms with van der Waals surface area (Å²) in [5.41, 5.74) is 0.320. The lowest BCUT2D eigenvalue weighted by Crippen LogP contribution is -2.40. The highest BCUT2D eigenvalue weighted by Crippen LogP contribution is 2.42. The summed E-state index contributed by atoms with van der Waals surface area (Å²) in [6, 6.07) is 4.01. The fraction of sp³-hybridized carbons (Fsp3) is 0.467. The van der Waals surface area contributed by atoms with Gasteiger partial charge in [0.25, 0.3) is 0 Å². The van der Waals surface area contributed by atoms with E-state index in [4.69, 9.17) is 5.11 Å². The maximum absolute atomic E-state index is 12.9. The predicted octanol–water partition coefficient (Wildman–Crippen LogP) is 1.74. The first kappa shape index (κ1) is 16.4. The molecule has 0 bridgehead atoms. The van der Waals surface area contributed by atoms with Gasteiger partial charge in [-0.25, -0.2) is 0 Å². The SMILES string of the molecule is O=C(CN1CCC(C(=O)O)CC1)Nc1ccc2c(c1)OC(F)(F)O2. The number of fused-ring (bicyclic) bond motifs is 1. The number of carboxylic acids is 1. The molecule has 9 heteroatoms. The van der Waals surface area contributed by atoms with Crippen LogP contribution < -0.4 is 14.8 Å². The van der Waals surface area contributed by atoms with Crippen LogP contribution in [0.15, 0.2) is 18.2 Å². The third-order valence-electron chi connectivity index (χ3n) is 3.99. The first-order chi connectivity index (χ1) is 11.3. The Labute approximate surface area is 136 Å². The number of nitrogens with zero attached hydrogens (tertiary/aromatic N) is 1. The summed E-state index contributed by atoms with van der Waals surface area (Å²) in [6.07, 6.45) is -2.69. The second kappa shape index (κ2) is 6.23. The molecule has 0 saturated carbocycles. The number of ether oxygens (including phenoxy) is 2. The number of likely N-dealkylation sites (tertiary alicyclic amines) is 1. The Hall–Kier alpha value is -2.42. The third-order valence-corrected chi connectivity index (χ3v) is 3.99. The van der Waals surface area contributed by atoms with Crippen LogP contribution in [0.25, 0.3) is 0 Å². The molecule has 0 radical (unpaired) electrons. The molecule has 2 heterocycles. The Morgan fingerprint density at radius 3 is 2.58 bits per heavy atom. The zero-order chi connectivity index (χ0) is 17.3. The average Bonchev–Trinajstić information content (AvgIpc) is 2.80. The van der Waals surface area contributed by atoms with E-state index in [2.05, 4.69) is 14.8 Å². The number of halogens is 2. The van der Waals surface area contributed by atoms with Crippen molar-refractivity contribution < 1.29 is 33.0 Å². The van der Waals surface area contributed by atoms with E-state index in [1.807, 2.05) is 4.90 Å². The standard InChI is InChI=1S/C15H16F2N2O5/c16-15(17)23-11-2-1-10(7-12(11)24-15)18-13(20)8-19-5-3-9(4-6-19)14(21)22/h1-2,7,9H,3-6,8H2,(H,18,20)(H,21,22). The summed E-state index contributed by atoms with van der Waals surface area (Å²) in [5.74, 6) is -1.71. The van der Waals surface area contributed by atoms with Crippen molar-refractivity contribution in [2.45, 2.75) is 19.1 Å². The fourth-order valence-corrected chi connectivity index (χ4v) is 2.77. The number of carboxylic acid groups (broad SMARTS) is 1. The summed E-state index contributed by atoms with van der Waals surface area (Å²) in [5, 5.41) is 11.5. The molecule has 24 heavy (non-hydrogen) atoms. The normalized spacial score (nSPS) is 19.9. The zero-order valence-electron chi connectivity index (χ0n) is 12.6. The van der Waals surface area contributed by atoms with Crippen LogP contribution in [-0.4, -0.2) is 47.8 Å². The topological polar surface area (TPSA) is 88.1 Å². The van der Waals surface area contributed by atoms with Crippen LogP contribution >= 0.6 is 0 Å². The lowest BCUT2D eigenvalue weighted by atomic mass is 9.97. The van der Waals surface area contributed by atoms with Crippen LogP contribution in [0.3, 0.4) is 0 Å². The minimum absolute atomic E-state index is 0.0891. The molecule has 1 saturated heterocycles. The highest BCUT2D eigenvalue weighted by Gasteiger charge is 2.43. The number of amides is 1. The molecule has 130 valence electrons. The number of hydrogen-bond donors (Lipinski definition) is 2. The highest BCUT2D eigenvalue weighted by molar-refractivity contribution is 5.92. The Kier molecular flexibility index (Phi) is 4.27. The fourth-order valence-electron chi connectivity index (χ4n) is 2.77. The zero-order valence-corrected chi connectivity index (χ0v) is 12.6. The summed E-state index contributed by atoms with van der Waals surface area (Å²) in [4.78, 5) is 24.8. The summed E-state index contributed by atoms with van der Waals surface area (Å²) in [7, 11) is 0. The van der Waals surface area contributed by atoms with Gasteiger partial charge in [0.05, 0.1) is 12.5 Å². The van der Waals surface area contributed by atoms with Crippen LogP contribution in [0.2, 0.25) is 0 Å². The summed E-state index contributed by atoms with van der Waals surface area (Å²) < 4.78 is 34.5. The number of anilines is 1. The van der Waals surface area contributed by atoms with E-state index in [0.29, 0.717) is 31.6 Å². The monoisotopic (exact) mass is 342 g/mol.